The smallest absolute Gasteiger partial charge is 0.245 e. The first-order valence-electron chi connectivity index (χ1n) is 7.13. The van der Waals surface area contributed by atoms with E-state index >= 15 is 0 Å². The molecule has 0 aromatic carbocycles. The number of carbonyl (C=O) groups excluding carboxylic acids is 2. The molecule has 1 saturated heterocycles. The Balaban J connectivity index is 2.83. The Kier molecular flexibility index (Phi) is 5.63. The molecule has 1 heterocycles. The maximum Gasteiger partial charge on any atom is 0.245 e. The van der Waals surface area contributed by atoms with Gasteiger partial charge in [-0.2, -0.15) is 0 Å². The fourth-order valence-electron chi connectivity index (χ4n) is 2.48. The molecule has 1 N–H and O–H groups in total. The van der Waals surface area contributed by atoms with Crippen LogP contribution in [0.1, 0.15) is 53.4 Å². The van der Waals surface area contributed by atoms with Gasteiger partial charge in [0.05, 0.1) is 0 Å². The van der Waals surface area contributed by atoms with E-state index in [1.54, 1.807) is 0 Å². The van der Waals surface area contributed by atoms with Crippen LogP contribution in [0.3, 0.4) is 0 Å². The monoisotopic (exact) mass is 254 g/mol. The molecule has 0 aliphatic carbocycles. The largest absolute Gasteiger partial charge is 0.344 e. The second kappa shape index (κ2) is 6.76. The van der Waals surface area contributed by atoms with E-state index in [2.05, 4.69) is 19.2 Å². The Morgan fingerprint density at radius 1 is 1.28 bits per heavy atom. The summed E-state index contributed by atoms with van der Waals surface area (Å²) in [5.41, 5.74) is 0. The minimum absolute atomic E-state index is 0.00486. The fourth-order valence-corrected chi connectivity index (χ4v) is 2.48. The molecule has 18 heavy (non-hydrogen) atoms. The molecule has 4 nitrogen and oxygen atoms in total. The zero-order valence-electron chi connectivity index (χ0n) is 12.0. The quantitative estimate of drug-likeness (QED) is 0.815. The van der Waals surface area contributed by atoms with Crippen LogP contribution in [-0.2, 0) is 9.59 Å². The highest BCUT2D eigenvalue weighted by molar-refractivity contribution is 5.90. The van der Waals surface area contributed by atoms with Gasteiger partial charge < -0.3 is 10.2 Å². The molecule has 1 fully saturated rings. The van der Waals surface area contributed by atoms with E-state index in [9.17, 15) is 9.59 Å². The van der Waals surface area contributed by atoms with Gasteiger partial charge in [-0.15, -0.1) is 0 Å². The third-order valence-electron chi connectivity index (χ3n) is 3.95. The van der Waals surface area contributed by atoms with Crippen LogP contribution in [0.25, 0.3) is 0 Å². The highest BCUT2D eigenvalue weighted by Crippen LogP contribution is 2.18. The number of hydrogen-bond acceptors (Lipinski definition) is 2. The van der Waals surface area contributed by atoms with E-state index in [1.165, 1.54) is 0 Å². The van der Waals surface area contributed by atoms with E-state index < -0.39 is 0 Å². The normalized spacial score (nSPS) is 25.3. The maximum absolute atomic E-state index is 12.4. The van der Waals surface area contributed by atoms with Gasteiger partial charge in [0.1, 0.15) is 6.04 Å². The maximum atomic E-state index is 12.4. The Morgan fingerprint density at radius 3 is 2.39 bits per heavy atom. The van der Waals surface area contributed by atoms with Crippen molar-refractivity contribution in [1.29, 1.82) is 0 Å². The van der Waals surface area contributed by atoms with Crippen molar-refractivity contribution in [2.45, 2.75) is 65.5 Å². The lowest BCUT2D eigenvalue weighted by molar-refractivity contribution is -0.135. The van der Waals surface area contributed by atoms with Gasteiger partial charge in [0.2, 0.25) is 11.8 Å². The molecule has 0 aromatic heterocycles. The van der Waals surface area contributed by atoms with Gasteiger partial charge in [-0.05, 0) is 19.3 Å². The first-order valence-corrected chi connectivity index (χ1v) is 7.13. The molecule has 4 heteroatoms. The summed E-state index contributed by atoms with van der Waals surface area (Å²) in [7, 11) is 0. The minimum atomic E-state index is -0.336. The van der Waals surface area contributed by atoms with Gasteiger partial charge in [0.25, 0.3) is 0 Å². The summed E-state index contributed by atoms with van der Waals surface area (Å²) in [6.45, 7) is 8.99. The Labute approximate surface area is 110 Å². The lowest BCUT2D eigenvalue weighted by atomic mass is 10.0. The number of amides is 2. The van der Waals surface area contributed by atoms with Crippen LogP contribution in [0, 0.1) is 5.92 Å². The summed E-state index contributed by atoms with van der Waals surface area (Å²) in [6.07, 6.45) is 3.23. The molecule has 2 atom stereocenters. The van der Waals surface area contributed by atoms with Crippen LogP contribution >= 0.6 is 0 Å². The summed E-state index contributed by atoms with van der Waals surface area (Å²) >= 11 is 0. The zero-order valence-corrected chi connectivity index (χ0v) is 12.0. The third kappa shape index (κ3) is 3.47. The van der Waals surface area contributed by atoms with E-state index in [-0.39, 0.29) is 23.9 Å². The zero-order chi connectivity index (χ0) is 13.7. The molecule has 1 rings (SSSR count). The van der Waals surface area contributed by atoms with Crippen molar-refractivity contribution < 1.29 is 9.59 Å². The Bertz CT molecular complexity index is 300. The van der Waals surface area contributed by atoms with Crippen molar-refractivity contribution in [3.8, 4) is 0 Å². The first kappa shape index (κ1) is 15.0. The van der Waals surface area contributed by atoms with Gasteiger partial charge in [-0.25, -0.2) is 0 Å². The molecule has 0 spiro atoms. The average Bonchev–Trinajstić information content (AvgIpc) is 2.45. The molecule has 1 aliphatic rings. The topological polar surface area (TPSA) is 49.4 Å². The molecule has 1 aliphatic heterocycles. The van der Waals surface area contributed by atoms with Crippen LogP contribution in [0.2, 0.25) is 0 Å². The van der Waals surface area contributed by atoms with Crippen LogP contribution < -0.4 is 5.32 Å². The van der Waals surface area contributed by atoms with E-state index in [0.717, 1.165) is 19.4 Å². The van der Waals surface area contributed by atoms with Gasteiger partial charge in [-0.1, -0.05) is 33.6 Å². The van der Waals surface area contributed by atoms with Gasteiger partial charge in [-0.3, -0.25) is 9.59 Å². The van der Waals surface area contributed by atoms with Crippen molar-refractivity contribution in [3.63, 3.8) is 0 Å². The SMILES string of the molecule is CCC(CC)CN1C(=O)C(CC)NC(=O)CC1C. The van der Waals surface area contributed by atoms with Crippen molar-refractivity contribution in [2.24, 2.45) is 5.92 Å². The van der Waals surface area contributed by atoms with Crippen LogP contribution in [0.15, 0.2) is 0 Å². The molecular formula is C14H26N2O2. The van der Waals surface area contributed by atoms with E-state index in [1.807, 2.05) is 18.7 Å². The minimum Gasteiger partial charge on any atom is -0.344 e. The van der Waals surface area contributed by atoms with Crippen LogP contribution in [-0.4, -0.2) is 35.3 Å². The fraction of sp³-hybridized carbons (Fsp3) is 0.857. The van der Waals surface area contributed by atoms with Crippen molar-refractivity contribution in [3.05, 3.63) is 0 Å². The summed E-state index contributed by atoms with van der Waals surface area (Å²) in [6, 6.07) is -0.327. The molecule has 104 valence electrons. The summed E-state index contributed by atoms with van der Waals surface area (Å²) in [5.74, 6) is 0.611. The van der Waals surface area contributed by atoms with E-state index in [4.69, 9.17) is 0 Å². The average molecular weight is 254 g/mol. The predicted octanol–water partition coefficient (Wildman–Crippen LogP) is 1.94. The predicted molar refractivity (Wildman–Crippen MR) is 72.1 cm³/mol. The molecule has 0 bridgehead atoms. The number of nitrogens with zero attached hydrogens (tertiary/aromatic N) is 1. The summed E-state index contributed by atoms with van der Waals surface area (Å²) < 4.78 is 0. The molecule has 0 radical (unpaired) electrons. The highest BCUT2D eigenvalue weighted by atomic mass is 16.2. The van der Waals surface area contributed by atoms with E-state index in [0.29, 0.717) is 18.8 Å². The van der Waals surface area contributed by atoms with Crippen LogP contribution in [0.4, 0.5) is 0 Å². The Morgan fingerprint density at radius 2 is 1.89 bits per heavy atom. The van der Waals surface area contributed by atoms with Crippen LogP contribution in [0.5, 0.6) is 0 Å². The lowest BCUT2D eigenvalue weighted by Crippen LogP contribution is -2.47. The van der Waals surface area contributed by atoms with Crippen molar-refractivity contribution in [2.75, 3.05) is 6.54 Å². The molecule has 2 amide bonds. The molecule has 0 saturated carbocycles. The molecular weight excluding hydrogens is 228 g/mol. The first-order chi connectivity index (χ1) is 8.53. The Hall–Kier alpha value is -1.06. The molecule has 2 unspecified atom stereocenters. The number of rotatable bonds is 5. The van der Waals surface area contributed by atoms with Crippen molar-refractivity contribution >= 4 is 11.8 Å². The van der Waals surface area contributed by atoms with Gasteiger partial charge in [0, 0.05) is 19.0 Å². The third-order valence-corrected chi connectivity index (χ3v) is 3.95. The summed E-state index contributed by atoms with van der Waals surface area (Å²) in [5, 5.41) is 2.82. The second-order valence-electron chi connectivity index (χ2n) is 5.25. The number of nitrogens with one attached hydrogen (secondary N) is 1. The van der Waals surface area contributed by atoms with Gasteiger partial charge >= 0.3 is 0 Å². The highest BCUT2D eigenvalue weighted by Gasteiger charge is 2.33. The molecule has 0 aromatic rings. The van der Waals surface area contributed by atoms with Gasteiger partial charge in [0.15, 0.2) is 0 Å². The van der Waals surface area contributed by atoms with Crippen molar-refractivity contribution in [1.82, 2.24) is 10.2 Å². The number of carbonyl (C=O) groups is 2. The lowest BCUT2D eigenvalue weighted by Gasteiger charge is -2.31. The standard InChI is InChI=1S/C14H26N2O2/c1-5-11(6-2)9-16-10(4)8-13(17)15-12(7-3)14(16)18/h10-12H,5-9H2,1-4H3,(H,15,17). The number of hydrogen-bond donors (Lipinski definition) is 1. The second-order valence-corrected chi connectivity index (χ2v) is 5.25. The summed E-state index contributed by atoms with van der Waals surface area (Å²) in [4.78, 5) is 26.0.